The van der Waals surface area contributed by atoms with E-state index < -0.39 is 11.7 Å². The van der Waals surface area contributed by atoms with Crippen molar-refractivity contribution in [2.45, 2.75) is 38.4 Å². The van der Waals surface area contributed by atoms with Crippen LogP contribution >= 0.6 is 0 Å². The van der Waals surface area contributed by atoms with E-state index in [1.54, 1.807) is 0 Å². The highest BCUT2D eigenvalue weighted by atomic mass is 19.4. The normalized spacial score (nSPS) is 13.0. The maximum atomic E-state index is 12.4. The van der Waals surface area contributed by atoms with Gasteiger partial charge in [0.1, 0.15) is 0 Å². The lowest BCUT2D eigenvalue weighted by atomic mass is 10.0. The van der Waals surface area contributed by atoms with E-state index in [2.05, 4.69) is 10.6 Å². The van der Waals surface area contributed by atoms with Gasteiger partial charge < -0.3 is 10.6 Å². The van der Waals surface area contributed by atoms with E-state index in [0.717, 1.165) is 30.7 Å². The van der Waals surface area contributed by atoms with E-state index in [-0.39, 0.29) is 11.9 Å². The van der Waals surface area contributed by atoms with Crippen molar-refractivity contribution in [2.75, 3.05) is 13.6 Å². The summed E-state index contributed by atoms with van der Waals surface area (Å²) in [5, 5.41) is 5.80. The fourth-order valence-electron chi connectivity index (χ4n) is 2.01. The predicted molar refractivity (Wildman–Crippen MR) is 75.9 cm³/mol. The van der Waals surface area contributed by atoms with Gasteiger partial charge in [-0.3, -0.25) is 4.79 Å². The van der Waals surface area contributed by atoms with Crippen LogP contribution in [0, 0.1) is 0 Å². The van der Waals surface area contributed by atoms with Gasteiger partial charge in [0, 0.05) is 12.5 Å². The number of carbonyl (C=O) groups is 1. The van der Waals surface area contributed by atoms with E-state index in [4.69, 9.17) is 0 Å². The maximum absolute atomic E-state index is 12.4. The van der Waals surface area contributed by atoms with Crippen LogP contribution in [0.15, 0.2) is 24.3 Å². The molecule has 1 rings (SSSR count). The zero-order valence-electron chi connectivity index (χ0n) is 12.3. The highest BCUT2D eigenvalue weighted by Crippen LogP contribution is 2.29. The van der Waals surface area contributed by atoms with E-state index in [1.807, 2.05) is 14.0 Å². The number of carbonyl (C=O) groups excluding carboxylic acids is 1. The number of halogens is 3. The Morgan fingerprint density at radius 1 is 1.24 bits per heavy atom. The Balaban J connectivity index is 2.44. The maximum Gasteiger partial charge on any atom is 0.416 e. The van der Waals surface area contributed by atoms with Gasteiger partial charge >= 0.3 is 6.18 Å². The highest BCUT2D eigenvalue weighted by molar-refractivity contribution is 5.76. The number of rotatable bonds is 7. The van der Waals surface area contributed by atoms with Gasteiger partial charge in [0.15, 0.2) is 0 Å². The third kappa shape index (κ3) is 6.62. The van der Waals surface area contributed by atoms with Crippen LogP contribution < -0.4 is 10.6 Å². The number of hydrogen-bond donors (Lipinski definition) is 2. The molecule has 1 unspecified atom stereocenters. The third-order valence-corrected chi connectivity index (χ3v) is 3.06. The molecule has 1 aromatic carbocycles. The topological polar surface area (TPSA) is 41.1 Å². The summed E-state index contributed by atoms with van der Waals surface area (Å²) in [4.78, 5) is 11.6. The van der Waals surface area contributed by atoms with Crippen molar-refractivity contribution in [2.24, 2.45) is 0 Å². The summed E-state index contributed by atoms with van der Waals surface area (Å²) in [5.41, 5.74) is 0.112. The van der Waals surface area contributed by atoms with Gasteiger partial charge in [0.2, 0.25) is 5.91 Å². The second-order valence-corrected chi connectivity index (χ2v) is 5.07. The Morgan fingerprint density at radius 3 is 2.38 bits per heavy atom. The van der Waals surface area contributed by atoms with Crippen molar-refractivity contribution in [1.29, 1.82) is 0 Å². The largest absolute Gasteiger partial charge is 0.416 e. The molecule has 0 spiro atoms. The fourth-order valence-corrected chi connectivity index (χ4v) is 2.01. The van der Waals surface area contributed by atoms with Gasteiger partial charge in [-0.1, -0.05) is 12.1 Å². The smallest absolute Gasteiger partial charge is 0.353 e. The minimum Gasteiger partial charge on any atom is -0.353 e. The summed E-state index contributed by atoms with van der Waals surface area (Å²) in [6, 6.07) is 4.93. The highest BCUT2D eigenvalue weighted by Gasteiger charge is 2.29. The molecule has 0 saturated heterocycles. The molecular weight excluding hydrogens is 281 g/mol. The van der Waals surface area contributed by atoms with Crippen molar-refractivity contribution in [1.82, 2.24) is 10.6 Å². The SMILES string of the molecule is CNCCCC(=O)NC(C)Cc1ccc(C(F)(F)F)cc1. The summed E-state index contributed by atoms with van der Waals surface area (Å²) in [5.74, 6) is -0.0374. The first-order valence-electron chi connectivity index (χ1n) is 6.93. The first kappa shape index (κ1) is 17.5. The number of benzene rings is 1. The van der Waals surface area contributed by atoms with Gasteiger partial charge in [0.25, 0.3) is 0 Å². The summed E-state index contributed by atoms with van der Waals surface area (Å²) < 4.78 is 37.3. The molecule has 118 valence electrons. The molecule has 0 aliphatic rings. The van der Waals surface area contributed by atoms with E-state index in [0.29, 0.717) is 12.8 Å². The molecule has 0 heterocycles. The van der Waals surface area contributed by atoms with Crippen molar-refractivity contribution in [3.05, 3.63) is 35.4 Å². The first-order chi connectivity index (χ1) is 9.82. The number of hydrogen-bond acceptors (Lipinski definition) is 2. The molecule has 1 atom stereocenters. The molecule has 0 aromatic heterocycles. The molecule has 3 nitrogen and oxygen atoms in total. The van der Waals surface area contributed by atoms with Crippen molar-refractivity contribution in [3.8, 4) is 0 Å². The van der Waals surface area contributed by atoms with Crippen molar-refractivity contribution in [3.63, 3.8) is 0 Å². The molecule has 6 heteroatoms. The molecule has 0 bridgehead atoms. The second kappa shape index (κ2) is 8.02. The van der Waals surface area contributed by atoms with Crippen LogP contribution in [0.4, 0.5) is 13.2 Å². The van der Waals surface area contributed by atoms with E-state index in [9.17, 15) is 18.0 Å². The zero-order valence-corrected chi connectivity index (χ0v) is 12.3. The minimum absolute atomic E-state index is 0.0374. The summed E-state index contributed by atoms with van der Waals surface area (Å²) in [7, 11) is 1.82. The third-order valence-electron chi connectivity index (χ3n) is 3.06. The number of alkyl halides is 3. The van der Waals surface area contributed by atoms with E-state index in [1.165, 1.54) is 12.1 Å². The predicted octanol–water partition coefficient (Wildman–Crippen LogP) is 2.75. The number of nitrogens with one attached hydrogen (secondary N) is 2. The monoisotopic (exact) mass is 302 g/mol. The standard InChI is InChI=1S/C15H21F3N2O/c1-11(20-14(21)4-3-9-19-2)10-12-5-7-13(8-6-12)15(16,17)18/h5-8,11,19H,3-4,9-10H2,1-2H3,(H,20,21). The minimum atomic E-state index is -4.31. The van der Waals surface area contributed by atoms with Crippen molar-refractivity contribution < 1.29 is 18.0 Å². The summed E-state index contributed by atoms with van der Waals surface area (Å²) >= 11 is 0. The van der Waals surface area contributed by atoms with Crippen LogP contribution in [-0.2, 0) is 17.4 Å². The molecule has 2 N–H and O–H groups in total. The molecule has 21 heavy (non-hydrogen) atoms. The van der Waals surface area contributed by atoms with Crippen LogP contribution in [0.2, 0.25) is 0 Å². The van der Waals surface area contributed by atoms with Crippen LogP contribution in [0.3, 0.4) is 0 Å². The Hall–Kier alpha value is -1.56. The molecule has 0 aliphatic heterocycles. The second-order valence-electron chi connectivity index (χ2n) is 5.07. The Labute approximate surface area is 122 Å². The van der Waals surface area contributed by atoms with Crippen LogP contribution in [-0.4, -0.2) is 25.5 Å². The average Bonchev–Trinajstić information content (AvgIpc) is 2.38. The molecular formula is C15H21F3N2O. The van der Waals surface area contributed by atoms with Gasteiger partial charge in [-0.25, -0.2) is 0 Å². The Morgan fingerprint density at radius 2 is 1.86 bits per heavy atom. The Kier molecular flexibility index (Phi) is 6.68. The lowest BCUT2D eigenvalue weighted by Gasteiger charge is -2.14. The molecule has 1 amide bonds. The molecule has 0 fully saturated rings. The van der Waals surface area contributed by atoms with Crippen molar-refractivity contribution >= 4 is 5.91 Å². The molecule has 0 radical (unpaired) electrons. The first-order valence-corrected chi connectivity index (χ1v) is 6.93. The summed E-state index contributed by atoms with van der Waals surface area (Å²) in [6.45, 7) is 2.62. The zero-order chi connectivity index (χ0) is 15.9. The van der Waals surface area contributed by atoms with Gasteiger partial charge in [0.05, 0.1) is 5.56 Å². The molecule has 1 aromatic rings. The van der Waals surface area contributed by atoms with Gasteiger partial charge in [-0.2, -0.15) is 13.2 Å². The average molecular weight is 302 g/mol. The van der Waals surface area contributed by atoms with Gasteiger partial charge in [-0.05, 0) is 51.1 Å². The summed E-state index contributed by atoms with van der Waals surface area (Å²) in [6.07, 6.45) is -2.60. The van der Waals surface area contributed by atoms with Crippen LogP contribution in [0.5, 0.6) is 0 Å². The lowest BCUT2D eigenvalue weighted by Crippen LogP contribution is -2.34. The number of amides is 1. The van der Waals surface area contributed by atoms with Gasteiger partial charge in [-0.15, -0.1) is 0 Å². The van der Waals surface area contributed by atoms with E-state index >= 15 is 0 Å². The van der Waals surface area contributed by atoms with Crippen LogP contribution in [0.25, 0.3) is 0 Å². The quantitative estimate of drug-likeness (QED) is 0.760. The molecule has 0 saturated carbocycles. The lowest BCUT2D eigenvalue weighted by molar-refractivity contribution is -0.137. The Bertz CT molecular complexity index is 443. The fraction of sp³-hybridized carbons (Fsp3) is 0.533. The van der Waals surface area contributed by atoms with Crippen LogP contribution in [0.1, 0.15) is 30.9 Å². The molecule has 0 aliphatic carbocycles.